The van der Waals surface area contributed by atoms with Crippen LogP contribution in [0.5, 0.6) is 5.75 Å². The highest BCUT2D eigenvalue weighted by molar-refractivity contribution is 5.31. The lowest BCUT2D eigenvalue weighted by molar-refractivity contribution is 0.177. The fraction of sp³-hybridized carbons (Fsp3) is 0.571. The fourth-order valence-corrected chi connectivity index (χ4v) is 2.85. The highest BCUT2D eigenvalue weighted by Crippen LogP contribution is 2.52. The molecule has 3 rings (SSSR count). The predicted molar refractivity (Wildman–Crippen MR) is 61.0 cm³/mol. The Hall–Kier alpha value is -1.12. The van der Waals surface area contributed by atoms with Crippen molar-refractivity contribution in [1.29, 1.82) is 0 Å². The molecule has 1 nitrogen and oxygen atoms in total. The molecule has 0 aromatic heterocycles. The zero-order valence-corrected chi connectivity index (χ0v) is 9.88. The van der Waals surface area contributed by atoms with E-state index in [4.69, 9.17) is 4.74 Å². The molecule has 2 aliphatic carbocycles. The minimum atomic E-state index is -0.567. The van der Waals surface area contributed by atoms with E-state index in [1.807, 2.05) is 6.92 Å². The quantitative estimate of drug-likeness (QED) is 0.780. The van der Waals surface area contributed by atoms with Gasteiger partial charge < -0.3 is 4.74 Å². The lowest BCUT2D eigenvalue weighted by Gasteiger charge is -2.16. The normalized spacial score (nSPS) is 30.2. The van der Waals surface area contributed by atoms with Crippen molar-refractivity contribution in [1.82, 2.24) is 0 Å². The Morgan fingerprint density at radius 1 is 1.12 bits per heavy atom. The van der Waals surface area contributed by atoms with Gasteiger partial charge in [0, 0.05) is 0 Å². The van der Waals surface area contributed by atoms with Crippen LogP contribution in [-0.4, -0.2) is 6.10 Å². The lowest BCUT2D eigenvalue weighted by atomic mass is 10.1. The number of benzene rings is 1. The Kier molecular flexibility index (Phi) is 2.57. The molecule has 0 aliphatic heterocycles. The van der Waals surface area contributed by atoms with E-state index >= 15 is 0 Å². The van der Waals surface area contributed by atoms with Gasteiger partial charge in [0.1, 0.15) is 0 Å². The van der Waals surface area contributed by atoms with E-state index in [0.717, 1.165) is 24.7 Å². The van der Waals surface area contributed by atoms with Crippen LogP contribution in [0, 0.1) is 23.5 Å². The Balaban J connectivity index is 1.77. The Bertz CT molecular complexity index is 411. The molecule has 0 saturated heterocycles. The van der Waals surface area contributed by atoms with Crippen molar-refractivity contribution in [3.8, 4) is 5.75 Å². The summed E-state index contributed by atoms with van der Waals surface area (Å²) in [5, 5.41) is 0. The van der Waals surface area contributed by atoms with E-state index in [2.05, 4.69) is 0 Å². The third-order valence-electron chi connectivity index (χ3n) is 3.95. The molecule has 2 saturated carbocycles. The number of hydrogen-bond acceptors (Lipinski definition) is 1. The Labute approximate surface area is 99.8 Å². The summed E-state index contributed by atoms with van der Waals surface area (Å²) in [6.45, 7) is 1.87. The molecule has 0 amide bonds. The van der Waals surface area contributed by atoms with Gasteiger partial charge in [-0.3, -0.25) is 0 Å². The molecule has 2 fully saturated rings. The zero-order chi connectivity index (χ0) is 12.0. The molecule has 0 heterocycles. The van der Waals surface area contributed by atoms with Crippen LogP contribution in [0.3, 0.4) is 0 Å². The Morgan fingerprint density at radius 3 is 2.24 bits per heavy atom. The smallest absolute Gasteiger partial charge is 0.191 e. The SMILES string of the molecule is CCc1cc(F)c(OC2CC3CC3C2)c(F)c1. The molecular weight excluding hydrogens is 222 g/mol. The molecule has 92 valence electrons. The maximum Gasteiger partial charge on any atom is 0.191 e. The van der Waals surface area contributed by atoms with Crippen LogP contribution in [0.25, 0.3) is 0 Å². The van der Waals surface area contributed by atoms with Gasteiger partial charge in [0.2, 0.25) is 0 Å². The molecule has 2 unspecified atom stereocenters. The van der Waals surface area contributed by atoms with Crippen LogP contribution in [-0.2, 0) is 6.42 Å². The second-order valence-electron chi connectivity index (χ2n) is 5.21. The molecule has 0 spiro atoms. The van der Waals surface area contributed by atoms with Crippen LogP contribution in [0.15, 0.2) is 12.1 Å². The van der Waals surface area contributed by atoms with Crippen molar-refractivity contribution in [3.63, 3.8) is 0 Å². The molecule has 2 atom stereocenters. The number of aryl methyl sites for hydroxylation is 1. The van der Waals surface area contributed by atoms with E-state index in [1.54, 1.807) is 0 Å². The van der Waals surface area contributed by atoms with Crippen LogP contribution in [0.4, 0.5) is 8.78 Å². The second-order valence-corrected chi connectivity index (χ2v) is 5.21. The predicted octanol–water partition coefficient (Wildman–Crippen LogP) is 3.70. The fourth-order valence-electron chi connectivity index (χ4n) is 2.85. The summed E-state index contributed by atoms with van der Waals surface area (Å²) >= 11 is 0. The molecule has 1 aromatic rings. The largest absolute Gasteiger partial charge is 0.484 e. The highest BCUT2D eigenvalue weighted by atomic mass is 19.1. The maximum absolute atomic E-state index is 13.7. The first kappa shape index (κ1) is 11.0. The van der Waals surface area contributed by atoms with Gasteiger partial charge in [-0.15, -0.1) is 0 Å². The van der Waals surface area contributed by atoms with E-state index in [0.29, 0.717) is 12.0 Å². The van der Waals surface area contributed by atoms with Gasteiger partial charge in [-0.25, -0.2) is 8.78 Å². The summed E-state index contributed by atoms with van der Waals surface area (Å²) < 4.78 is 32.9. The number of fused-ring (bicyclic) bond motifs is 1. The summed E-state index contributed by atoms with van der Waals surface area (Å²) in [6.07, 6.45) is 3.83. The highest BCUT2D eigenvalue weighted by Gasteiger charge is 2.47. The first-order chi connectivity index (χ1) is 8.17. The lowest BCUT2D eigenvalue weighted by Crippen LogP contribution is -2.15. The molecule has 0 N–H and O–H groups in total. The first-order valence-electron chi connectivity index (χ1n) is 6.32. The van der Waals surface area contributed by atoms with Crippen molar-refractivity contribution in [2.45, 2.75) is 38.7 Å². The van der Waals surface area contributed by atoms with E-state index < -0.39 is 11.6 Å². The second kappa shape index (κ2) is 3.97. The average molecular weight is 238 g/mol. The summed E-state index contributed by atoms with van der Waals surface area (Å²) in [6, 6.07) is 2.74. The van der Waals surface area contributed by atoms with E-state index in [-0.39, 0.29) is 11.9 Å². The van der Waals surface area contributed by atoms with Crippen molar-refractivity contribution < 1.29 is 13.5 Å². The molecule has 0 radical (unpaired) electrons. The van der Waals surface area contributed by atoms with Crippen LogP contribution >= 0.6 is 0 Å². The molecule has 17 heavy (non-hydrogen) atoms. The summed E-state index contributed by atoms with van der Waals surface area (Å²) in [7, 11) is 0. The topological polar surface area (TPSA) is 9.23 Å². The molecule has 3 heteroatoms. The summed E-state index contributed by atoms with van der Waals surface area (Å²) in [5.74, 6) is 0.181. The minimum absolute atomic E-state index is 0.00947. The third kappa shape index (κ3) is 2.03. The van der Waals surface area contributed by atoms with Crippen molar-refractivity contribution in [3.05, 3.63) is 29.3 Å². The first-order valence-corrected chi connectivity index (χ1v) is 6.32. The molecule has 2 aliphatic rings. The van der Waals surface area contributed by atoms with Crippen LogP contribution < -0.4 is 4.74 Å². The van der Waals surface area contributed by atoms with E-state index in [9.17, 15) is 8.78 Å². The van der Waals surface area contributed by atoms with Gasteiger partial charge >= 0.3 is 0 Å². The maximum atomic E-state index is 13.7. The van der Waals surface area contributed by atoms with Crippen LogP contribution in [0.1, 0.15) is 31.7 Å². The van der Waals surface area contributed by atoms with Crippen molar-refractivity contribution >= 4 is 0 Å². The number of halogens is 2. The molecule has 1 aromatic carbocycles. The number of ether oxygens (including phenoxy) is 1. The van der Waals surface area contributed by atoms with E-state index in [1.165, 1.54) is 18.6 Å². The summed E-state index contributed by atoms with van der Waals surface area (Å²) in [5.41, 5.74) is 0.668. The van der Waals surface area contributed by atoms with Crippen molar-refractivity contribution in [2.24, 2.45) is 11.8 Å². The Morgan fingerprint density at radius 2 is 1.71 bits per heavy atom. The minimum Gasteiger partial charge on any atom is -0.484 e. The average Bonchev–Trinajstić information content (AvgIpc) is 2.91. The van der Waals surface area contributed by atoms with Gasteiger partial charge in [-0.05, 0) is 55.2 Å². The van der Waals surface area contributed by atoms with Crippen LogP contribution in [0.2, 0.25) is 0 Å². The summed E-state index contributed by atoms with van der Waals surface area (Å²) in [4.78, 5) is 0. The standard InChI is InChI=1S/C14H16F2O/c1-2-8-3-12(15)14(13(16)4-8)17-11-6-9-5-10(9)7-11/h3-4,9-11H,2,5-7H2,1H3. The number of rotatable bonds is 3. The third-order valence-corrected chi connectivity index (χ3v) is 3.95. The van der Waals surface area contributed by atoms with Gasteiger partial charge in [0.25, 0.3) is 0 Å². The number of hydrogen-bond donors (Lipinski definition) is 0. The zero-order valence-electron chi connectivity index (χ0n) is 9.88. The molecule has 0 bridgehead atoms. The van der Waals surface area contributed by atoms with Gasteiger partial charge in [-0.1, -0.05) is 6.92 Å². The van der Waals surface area contributed by atoms with Gasteiger partial charge in [0.05, 0.1) is 6.10 Å². The van der Waals surface area contributed by atoms with Crippen molar-refractivity contribution in [2.75, 3.05) is 0 Å². The monoisotopic (exact) mass is 238 g/mol. The molecular formula is C14H16F2O. The van der Waals surface area contributed by atoms with Gasteiger partial charge in [-0.2, -0.15) is 0 Å². The van der Waals surface area contributed by atoms with Gasteiger partial charge in [0.15, 0.2) is 17.4 Å².